The third-order valence-electron chi connectivity index (χ3n) is 3.86. The Morgan fingerprint density at radius 2 is 1.92 bits per heavy atom. The van der Waals surface area contributed by atoms with Gasteiger partial charge in [0.05, 0.1) is 13.2 Å². The number of methoxy groups -OCH3 is 1. The summed E-state index contributed by atoms with van der Waals surface area (Å²) in [6.45, 7) is 0.506. The largest absolute Gasteiger partial charge is 0.496 e. The fourth-order valence-corrected chi connectivity index (χ4v) is 3.12. The van der Waals surface area contributed by atoms with Crippen LogP contribution < -0.4 is 10.5 Å². The summed E-state index contributed by atoms with van der Waals surface area (Å²) in [5.74, 6) is 0.765. The molecule has 128 valence electrons. The van der Waals surface area contributed by atoms with Crippen molar-refractivity contribution < 1.29 is 9.53 Å². The summed E-state index contributed by atoms with van der Waals surface area (Å²) in [7, 11) is 3.44. The summed E-state index contributed by atoms with van der Waals surface area (Å²) in [5.41, 5.74) is 8.17. The molecule has 0 bridgehead atoms. The van der Waals surface area contributed by atoms with Gasteiger partial charge in [-0.2, -0.15) is 0 Å². The van der Waals surface area contributed by atoms with Gasteiger partial charge in [0.15, 0.2) is 0 Å². The van der Waals surface area contributed by atoms with Gasteiger partial charge >= 0.3 is 0 Å². The lowest BCUT2D eigenvalue weighted by molar-refractivity contribution is -0.131. The van der Waals surface area contributed by atoms with Gasteiger partial charge in [-0.3, -0.25) is 4.79 Å². The first-order valence-electron chi connectivity index (χ1n) is 7.80. The van der Waals surface area contributed by atoms with Crippen LogP contribution in [0.4, 0.5) is 0 Å². The highest BCUT2D eigenvalue weighted by molar-refractivity contribution is 7.98. The standard InChI is InChI=1S/C19H24N2O2S/c1-21(13-15-9-10-18(24-3)17(12-15)23-2)19(22)16(20)11-14-7-5-4-6-8-14/h4-10,12,16H,11,13,20H2,1-3H3/t16-/m0/s1. The van der Waals surface area contributed by atoms with Crippen molar-refractivity contribution in [1.29, 1.82) is 0 Å². The van der Waals surface area contributed by atoms with Crippen molar-refractivity contribution in [2.75, 3.05) is 20.4 Å². The molecule has 0 spiro atoms. The van der Waals surface area contributed by atoms with E-state index in [0.29, 0.717) is 13.0 Å². The van der Waals surface area contributed by atoms with Crippen LogP contribution in [0.2, 0.25) is 0 Å². The number of ether oxygens (including phenoxy) is 1. The summed E-state index contributed by atoms with van der Waals surface area (Å²) in [4.78, 5) is 15.2. The maximum atomic E-state index is 12.5. The van der Waals surface area contributed by atoms with Crippen LogP contribution in [0, 0.1) is 0 Å². The fraction of sp³-hybridized carbons (Fsp3) is 0.316. The van der Waals surface area contributed by atoms with Crippen molar-refractivity contribution in [2.24, 2.45) is 5.73 Å². The van der Waals surface area contributed by atoms with E-state index in [1.807, 2.05) is 54.8 Å². The molecule has 0 unspecified atom stereocenters. The number of hydrogen-bond acceptors (Lipinski definition) is 4. The van der Waals surface area contributed by atoms with Gasteiger partial charge in [-0.15, -0.1) is 11.8 Å². The lowest BCUT2D eigenvalue weighted by atomic mass is 10.1. The minimum Gasteiger partial charge on any atom is -0.496 e. The normalized spacial score (nSPS) is 11.8. The van der Waals surface area contributed by atoms with E-state index < -0.39 is 6.04 Å². The minimum atomic E-state index is -0.537. The number of nitrogens with two attached hydrogens (primary N) is 1. The summed E-state index contributed by atoms with van der Waals surface area (Å²) >= 11 is 1.63. The number of hydrogen-bond donors (Lipinski definition) is 1. The molecule has 2 rings (SSSR count). The van der Waals surface area contributed by atoms with Gasteiger partial charge in [0.2, 0.25) is 5.91 Å². The molecule has 0 aromatic heterocycles. The molecule has 1 atom stereocenters. The predicted octanol–water partition coefficient (Wildman–Crippen LogP) is 2.95. The van der Waals surface area contributed by atoms with Crippen LogP contribution >= 0.6 is 11.8 Å². The van der Waals surface area contributed by atoms with E-state index in [4.69, 9.17) is 10.5 Å². The molecule has 0 fully saturated rings. The van der Waals surface area contributed by atoms with E-state index >= 15 is 0 Å². The maximum Gasteiger partial charge on any atom is 0.239 e. The molecule has 2 aromatic rings. The van der Waals surface area contributed by atoms with Gasteiger partial charge in [-0.05, 0) is 35.9 Å². The second kappa shape index (κ2) is 8.76. The number of amides is 1. The van der Waals surface area contributed by atoms with Crippen LogP contribution in [-0.4, -0.2) is 37.3 Å². The van der Waals surface area contributed by atoms with Gasteiger partial charge in [-0.25, -0.2) is 0 Å². The Bertz CT molecular complexity index is 676. The lowest BCUT2D eigenvalue weighted by Gasteiger charge is -2.22. The van der Waals surface area contributed by atoms with Crippen LogP contribution in [0.3, 0.4) is 0 Å². The van der Waals surface area contributed by atoms with E-state index in [9.17, 15) is 4.79 Å². The molecule has 0 saturated heterocycles. The Labute approximate surface area is 148 Å². The van der Waals surface area contributed by atoms with E-state index in [1.165, 1.54) is 0 Å². The third kappa shape index (κ3) is 4.76. The summed E-state index contributed by atoms with van der Waals surface area (Å²) in [6, 6.07) is 15.3. The second-order valence-corrected chi connectivity index (χ2v) is 6.53. The van der Waals surface area contributed by atoms with E-state index in [2.05, 4.69) is 0 Å². The number of benzene rings is 2. The zero-order valence-electron chi connectivity index (χ0n) is 14.4. The SMILES string of the molecule is COc1cc(CN(C)C(=O)[C@@H](N)Cc2ccccc2)ccc1SC. The van der Waals surface area contributed by atoms with Crippen molar-refractivity contribution in [3.8, 4) is 5.75 Å². The third-order valence-corrected chi connectivity index (χ3v) is 4.64. The molecule has 0 radical (unpaired) electrons. The zero-order chi connectivity index (χ0) is 17.5. The number of nitrogens with zero attached hydrogens (tertiary/aromatic N) is 1. The molecule has 0 aliphatic rings. The molecule has 0 aliphatic carbocycles. The highest BCUT2D eigenvalue weighted by atomic mass is 32.2. The molecule has 2 aromatic carbocycles. The highest BCUT2D eigenvalue weighted by Crippen LogP contribution is 2.28. The average molecular weight is 344 g/mol. The van der Waals surface area contributed by atoms with Gasteiger partial charge in [0, 0.05) is 18.5 Å². The first-order chi connectivity index (χ1) is 11.5. The van der Waals surface area contributed by atoms with Crippen LogP contribution in [0.1, 0.15) is 11.1 Å². The van der Waals surface area contributed by atoms with Crippen molar-refractivity contribution in [3.05, 3.63) is 59.7 Å². The van der Waals surface area contributed by atoms with Crippen LogP contribution in [0.5, 0.6) is 5.75 Å². The van der Waals surface area contributed by atoms with Crippen molar-refractivity contribution in [3.63, 3.8) is 0 Å². The van der Waals surface area contributed by atoms with E-state index in [0.717, 1.165) is 21.8 Å². The quantitative estimate of drug-likeness (QED) is 0.785. The summed E-state index contributed by atoms with van der Waals surface area (Å²) in [5, 5.41) is 0. The summed E-state index contributed by atoms with van der Waals surface area (Å²) < 4.78 is 5.40. The van der Waals surface area contributed by atoms with Gasteiger partial charge in [0.25, 0.3) is 0 Å². The predicted molar refractivity (Wildman–Crippen MR) is 99.4 cm³/mol. The van der Waals surface area contributed by atoms with Gasteiger partial charge < -0.3 is 15.4 Å². The Morgan fingerprint density at radius 3 is 2.54 bits per heavy atom. The van der Waals surface area contributed by atoms with Crippen LogP contribution in [-0.2, 0) is 17.8 Å². The monoisotopic (exact) mass is 344 g/mol. The molecule has 24 heavy (non-hydrogen) atoms. The number of carbonyl (C=O) groups excluding carboxylic acids is 1. The maximum absolute atomic E-state index is 12.5. The Kier molecular flexibility index (Phi) is 6.70. The molecular weight excluding hydrogens is 320 g/mol. The van der Waals surface area contributed by atoms with Crippen molar-refractivity contribution >= 4 is 17.7 Å². The molecule has 1 amide bonds. The van der Waals surface area contributed by atoms with Crippen molar-refractivity contribution in [1.82, 2.24) is 4.90 Å². The molecule has 0 saturated carbocycles. The summed E-state index contributed by atoms with van der Waals surface area (Å²) in [6.07, 6.45) is 2.55. The topological polar surface area (TPSA) is 55.6 Å². The molecule has 5 heteroatoms. The Balaban J connectivity index is 2.00. The minimum absolute atomic E-state index is 0.0632. The smallest absolute Gasteiger partial charge is 0.239 e. The first kappa shape index (κ1) is 18.4. The van der Waals surface area contributed by atoms with Crippen LogP contribution in [0.25, 0.3) is 0 Å². The van der Waals surface area contributed by atoms with Crippen molar-refractivity contribution in [2.45, 2.75) is 23.9 Å². The van der Waals surface area contributed by atoms with Crippen LogP contribution in [0.15, 0.2) is 53.4 Å². The molecule has 2 N–H and O–H groups in total. The van der Waals surface area contributed by atoms with Gasteiger partial charge in [-0.1, -0.05) is 36.4 Å². The Hall–Kier alpha value is -1.98. The second-order valence-electron chi connectivity index (χ2n) is 5.68. The molecule has 4 nitrogen and oxygen atoms in total. The first-order valence-corrected chi connectivity index (χ1v) is 9.03. The fourth-order valence-electron chi connectivity index (χ4n) is 2.57. The van der Waals surface area contributed by atoms with E-state index in [1.54, 1.807) is 30.8 Å². The number of rotatable bonds is 7. The zero-order valence-corrected chi connectivity index (χ0v) is 15.2. The number of thioether (sulfide) groups is 1. The number of carbonyl (C=O) groups is 1. The van der Waals surface area contributed by atoms with Gasteiger partial charge in [0.1, 0.15) is 5.75 Å². The molecule has 0 heterocycles. The van der Waals surface area contributed by atoms with E-state index in [-0.39, 0.29) is 5.91 Å². The average Bonchev–Trinajstić information content (AvgIpc) is 2.61. The molecule has 0 aliphatic heterocycles. The lowest BCUT2D eigenvalue weighted by Crippen LogP contribution is -2.42. The molecular formula is C19H24N2O2S. The number of likely N-dealkylation sites (N-methyl/N-ethyl adjacent to an activating group) is 1. The Morgan fingerprint density at radius 1 is 1.21 bits per heavy atom. The highest BCUT2D eigenvalue weighted by Gasteiger charge is 2.19.